The molecular formula is C17H21N3O3. The summed E-state index contributed by atoms with van der Waals surface area (Å²) in [4.78, 5) is 33.8. The molecule has 0 unspecified atom stereocenters. The largest absolute Gasteiger partial charge is 0.409 e. The van der Waals surface area contributed by atoms with Crippen molar-refractivity contribution in [1.29, 1.82) is 0 Å². The summed E-state index contributed by atoms with van der Waals surface area (Å²) in [6.07, 6.45) is 1.76. The molecule has 0 radical (unpaired) electrons. The molecule has 0 bridgehead atoms. The van der Waals surface area contributed by atoms with Crippen LogP contribution in [-0.2, 0) is 4.79 Å². The number of para-hydroxylation sites is 1. The van der Waals surface area contributed by atoms with Crippen molar-refractivity contribution in [3.05, 3.63) is 53.1 Å². The Balaban J connectivity index is 2.12. The van der Waals surface area contributed by atoms with Crippen molar-refractivity contribution in [2.75, 3.05) is 6.61 Å². The van der Waals surface area contributed by atoms with Crippen LogP contribution < -0.4 is 15.7 Å². The Labute approximate surface area is 134 Å². The second kappa shape index (κ2) is 6.64. The number of carbonyl (C=O) groups excluding carboxylic acids is 1. The lowest BCUT2D eigenvalue weighted by atomic mass is 10.0. The molecule has 0 saturated heterocycles. The van der Waals surface area contributed by atoms with Gasteiger partial charge in [0.05, 0.1) is 10.9 Å². The highest BCUT2D eigenvalue weighted by Gasteiger charge is 2.19. The van der Waals surface area contributed by atoms with Gasteiger partial charge in [-0.15, -0.1) is 4.73 Å². The molecular weight excluding hydrogens is 294 g/mol. The average Bonchev–Trinajstić information content (AvgIpc) is 2.50. The van der Waals surface area contributed by atoms with E-state index in [4.69, 9.17) is 4.84 Å². The highest BCUT2D eigenvalue weighted by molar-refractivity contribution is 5.87. The molecule has 0 aliphatic carbocycles. The number of carbonyl (C=O) groups is 1. The van der Waals surface area contributed by atoms with E-state index in [0.717, 1.165) is 0 Å². The van der Waals surface area contributed by atoms with Crippen molar-refractivity contribution in [2.45, 2.75) is 32.7 Å². The van der Waals surface area contributed by atoms with Gasteiger partial charge < -0.3 is 10.2 Å². The van der Waals surface area contributed by atoms with Gasteiger partial charge in [0.2, 0.25) is 5.91 Å². The summed E-state index contributed by atoms with van der Waals surface area (Å²) in [7, 11) is 0. The summed E-state index contributed by atoms with van der Waals surface area (Å²) in [6, 6.07) is 7.14. The third-order valence-corrected chi connectivity index (χ3v) is 3.49. The molecule has 23 heavy (non-hydrogen) atoms. The zero-order chi connectivity index (χ0) is 17.0. The first-order valence-corrected chi connectivity index (χ1v) is 7.40. The zero-order valence-electron chi connectivity index (χ0n) is 13.6. The maximum absolute atomic E-state index is 12.4. The first-order chi connectivity index (χ1) is 10.8. The third-order valence-electron chi connectivity index (χ3n) is 3.49. The van der Waals surface area contributed by atoms with Crippen LogP contribution in [-0.4, -0.2) is 27.8 Å². The number of amides is 1. The van der Waals surface area contributed by atoms with Gasteiger partial charge in [-0.1, -0.05) is 18.7 Å². The number of hydrogen-bond acceptors (Lipinski definition) is 4. The van der Waals surface area contributed by atoms with Crippen LogP contribution in [0.25, 0.3) is 10.9 Å². The summed E-state index contributed by atoms with van der Waals surface area (Å²) in [5.74, 6) is 0.248. The first-order valence-electron chi connectivity index (χ1n) is 7.40. The van der Waals surface area contributed by atoms with Gasteiger partial charge in [0.25, 0.3) is 5.56 Å². The van der Waals surface area contributed by atoms with Crippen molar-refractivity contribution >= 4 is 16.8 Å². The molecule has 122 valence electrons. The molecule has 1 aromatic heterocycles. The standard InChI is InChI=1S/C17H21N3O3/c1-5-15(21)19-17(3,4)10-11-23-20-12(2)18-14-9-7-6-8-13(14)16(20)22/h5-9H,1,10-11H2,2-4H3,(H,19,21). The Hall–Kier alpha value is -2.63. The van der Waals surface area contributed by atoms with E-state index in [1.54, 1.807) is 25.1 Å². The highest BCUT2D eigenvalue weighted by atomic mass is 16.7. The Kier molecular flexibility index (Phi) is 4.83. The summed E-state index contributed by atoms with van der Waals surface area (Å²) < 4.78 is 1.20. The molecule has 0 saturated carbocycles. The minimum atomic E-state index is -0.465. The molecule has 0 aliphatic heterocycles. The summed E-state index contributed by atoms with van der Waals surface area (Å²) >= 11 is 0. The van der Waals surface area contributed by atoms with Crippen LogP contribution in [0.2, 0.25) is 0 Å². The second-order valence-corrected chi connectivity index (χ2v) is 5.94. The maximum Gasteiger partial charge on any atom is 0.294 e. The fraction of sp³-hybridized carbons (Fsp3) is 0.353. The fourth-order valence-electron chi connectivity index (χ4n) is 2.22. The van der Waals surface area contributed by atoms with E-state index in [2.05, 4.69) is 16.9 Å². The van der Waals surface area contributed by atoms with Gasteiger partial charge in [0.15, 0.2) is 0 Å². The highest BCUT2D eigenvalue weighted by Crippen LogP contribution is 2.09. The van der Waals surface area contributed by atoms with E-state index >= 15 is 0 Å². The van der Waals surface area contributed by atoms with Crippen LogP contribution in [0.1, 0.15) is 26.1 Å². The normalized spacial score (nSPS) is 11.3. The molecule has 1 amide bonds. The maximum atomic E-state index is 12.4. The molecule has 0 fully saturated rings. The molecule has 6 heteroatoms. The van der Waals surface area contributed by atoms with E-state index in [0.29, 0.717) is 23.1 Å². The molecule has 0 aliphatic rings. The van der Waals surface area contributed by atoms with Gasteiger partial charge in [-0.25, -0.2) is 4.98 Å². The Morgan fingerprint density at radius 3 is 2.83 bits per heavy atom. The van der Waals surface area contributed by atoms with Crippen molar-refractivity contribution in [3.63, 3.8) is 0 Å². The lowest BCUT2D eigenvalue weighted by Crippen LogP contribution is -2.44. The van der Waals surface area contributed by atoms with Gasteiger partial charge in [-0.05, 0) is 39.0 Å². The summed E-state index contributed by atoms with van der Waals surface area (Å²) in [6.45, 7) is 9.18. The van der Waals surface area contributed by atoms with Crippen LogP contribution >= 0.6 is 0 Å². The fourth-order valence-corrected chi connectivity index (χ4v) is 2.22. The monoisotopic (exact) mass is 315 g/mol. The van der Waals surface area contributed by atoms with E-state index in [1.807, 2.05) is 19.9 Å². The Morgan fingerprint density at radius 1 is 1.43 bits per heavy atom. The predicted octanol–water partition coefficient (Wildman–Crippen LogP) is 1.60. The third kappa shape index (κ3) is 3.97. The van der Waals surface area contributed by atoms with E-state index in [9.17, 15) is 9.59 Å². The molecule has 6 nitrogen and oxygen atoms in total. The number of benzene rings is 1. The smallest absolute Gasteiger partial charge is 0.294 e. The Bertz CT molecular complexity index is 793. The van der Waals surface area contributed by atoms with Crippen molar-refractivity contribution in [2.24, 2.45) is 0 Å². The number of hydrogen-bond donors (Lipinski definition) is 1. The summed E-state index contributed by atoms with van der Waals surface area (Å²) in [5.41, 5.74) is -0.0537. The SMILES string of the molecule is C=CC(=O)NC(C)(C)CCOn1c(C)nc2ccccc2c1=O. The molecule has 0 spiro atoms. The van der Waals surface area contributed by atoms with Gasteiger partial charge >= 0.3 is 0 Å². The van der Waals surface area contributed by atoms with Crippen LogP contribution in [0.3, 0.4) is 0 Å². The molecule has 1 aromatic carbocycles. The number of aryl methyl sites for hydroxylation is 1. The molecule has 2 aromatic rings. The van der Waals surface area contributed by atoms with Crippen LogP contribution in [0.5, 0.6) is 0 Å². The zero-order valence-corrected chi connectivity index (χ0v) is 13.6. The predicted molar refractivity (Wildman–Crippen MR) is 89.2 cm³/mol. The second-order valence-electron chi connectivity index (χ2n) is 5.94. The topological polar surface area (TPSA) is 73.2 Å². The van der Waals surface area contributed by atoms with Gasteiger partial charge in [-0.2, -0.15) is 0 Å². The molecule has 0 atom stereocenters. The van der Waals surface area contributed by atoms with Gasteiger partial charge in [0.1, 0.15) is 12.4 Å². The lowest BCUT2D eigenvalue weighted by Gasteiger charge is -2.25. The average molecular weight is 315 g/mol. The molecule has 1 N–H and O–H groups in total. The van der Waals surface area contributed by atoms with Gasteiger partial charge in [-0.3, -0.25) is 9.59 Å². The van der Waals surface area contributed by atoms with Crippen LogP contribution in [0.4, 0.5) is 0 Å². The Morgan fingerprint density at radius 2 is 2.13 bits per heavy atom. The van der Waals surface area contributed by atoms with E-state index in [-0.39, 0.29) is 18.1 Å². The number of nitrogens with one attached hydrogen (secondary N) is 1. The molecule has 2 rings (SSSR count). The number of nitrogens with zero attached hydrogens (tertiary/aromatic N) is 2. The van der Waals surface area contributed by atoms with E-state index in [1.165, 1.54) is 10.8 Å². The van der Waals surface area contributed by atoms with Crippen LogP contribution in [0, 0.1) is 6.92 Å². The first kappa shape index (κ1) is 16.7. The number of aromatic nitrogens is 2. The minimum absolute atomic E-state index is 0.235. The quantitative estimate of drug-likeness (QED) is 0.822. The molecule has 1 heterocycles. The van der Waals surface area contributed by atoms with E-state index < -0.39 is 5.54 Å². The van der Waals surface area contributed by atoms with Crippen molar-refractivity contribution in [1.82, 2.24) is 15.0 Å². The summed E-state index contributed by atoms with van der Waals surface area (Å²) in [5, 5.41) is 3.32. The van der Waals surface area contributed by atoms with Gasteiger partial charge in [0, 0.05) is 12.0 Å². The van der Waals surface area contributed by atoms with Crippen molar-refractivity contribution in [3.8, 4) is 0 Å². The number of rotatable bonds is 6. The minimum Gasteiger partial charge on any atom is -0.409 e. The van der Waals surface area contributed by atoms with Crippen LogP contribution in [0.15, 0.2) is 41.7 Å². The number of fused-ring (bicyclic) bond motifs is 1. The lowest BCUT2D eigenvalue weighted by molar-refractivity contribution is -0.118. The van der Waals surface area contributed by atoms with Crippen molar-refractivity contribution < 1.29 is 9.63 Å².